The maximum atomic E-state index is 12.6. The molecule has 1 amide bonds. The third kappa shape index (κ3) is 3.60. The molecule has 1 heterocycles. The van der Waals surface area contributed by atoms with Crippen molar-refractivity contribution in [2.45, 2.75) is 25.8 Å². The van der Waals surface area contributed by atoms with Crippen LogP contribution in [0.15, 0.2) is 6.07 Å². The molecule has 1 aromatic heterocycles. The SMILES string of the molecule is COCCN(C(=O)c1cc(C)c(C#CCN)s1)C1CC1. The first-order valence-electron chi connectivity index (χ1n) is 6.76. The minimum atomic E-state index is 0.0958. The van der Waals surface area contributed by atoms with E-state index in [4.69, 9.17) is 10.5 Å². The average molecular weight is 292 g/mol. The number of rotatable bonds is 5. The van der Waals surface area contributed by atoms with Gasteiger partial charge in [0.15, 0.2) is 0 Å². The van der Waals surface area contributed by atoms with Gasteiger partial charge in [0.2, 0.25) is 0 Å². The van der Waals surface area contributed by atoms with E-state index in [0.29, 0.717) is 25.7 Å². The van der Waals surface area contributed by atoms with Crippen LogP contribution in [0.2, 0.25) is 0 Å². The van der Waals surface area contributed by atoms with E-state index >= 15 is 0 Å². The molecule has 1 aliphatic rings. The molecule has 1 aliphatic carbocycles. The molecule has 2 rings (SSSR count). The Morgan fingerprint density at radius 3 is 2.95 bits per heavy atom. The summed E-state index contributed by atoms with van der Waals surface area (Å²) in [5.41, 5.74) is 6.43. The third-order valence-electron chi connectivity index (χ3n) is 3.22. The van der Waals surface area contributed by atoms with Crippen LogP contribution in [-0.4, -0.2) is 43.7 Å². The molecule has 0 spiro atoms. The fourth-order valence-corrected chi connectivity index (χ4v) is 3.01. The Hall–Kier alpha value is -1.35. The van der Waals surface area contributed by atoms with Crippen molar-refractivity contribution < 1.29 is 9.53 Å². The number of nitrogens with zero attached hydrogens (tertiary/aromatic N) is 1. The molecule has 1 aromatic rings. The van der Waals surface area contributed by atoms with Crippen LogP contribution in [0.5, 0.6) is 0 Å². The second-order valence-electron chi connectivity index (χ2n) is 4.85. The van der Waals surface area contributed by atoms with Crippen molar-refractivity contribution in [2.24, 2.45) is 5.73 Å². The normalized spacial score (nSPS) is 13.8. The monoisotopic (exact) mass is 292 g/mol. The average Bonchev–Trinajstić information content (AvgIpc) is 3.20. The Morgan fingerprint density at radius 2 is 2.35 bits per heavy atom. The maximum Gasteiger partial charge on any atom is 0.264 e. The zero-order valence-corrected chi connectivity index (χ0v) is 12.8. The number of nitrogens with two attached hydrogens (primary N) is 1. The molecule has 1 saturated carbocycles. The number of carbonyl (C=O) groups excluding carboxylic acids is 1. The number of aryl methyl sites for hydroxylation is 1. The maximum absolute atomic E-state index is 12.6. The van der Waals surface area contributed by atoms with E-state index in [-0.39, 0.29) is 5.91 Å². The fraction of sp³-hybridized carbons (Fsp3) is 0.533. The second-order valence-corrected chi connectivity index (χ2v) is 5.90. The van der Waals surface area contributed by atoms with Crippen LogP contribution in [0.4, 0.5) is 0 Å². The van der Waals surface area contributed by atoms with Gasteiger partial charge in [-0.1, -0.05) is 11.8 Å². The minimum Gasteiger partial charge on any atom is -0.383 e. The van der Waals surface area contributed by atoms with Crippen molar-refractivity contribution in [2.75, 3.05) is 26.8 Å². The number of ether oxygens (including phenoxy) is 1. The van der Waals surface area contributed by atoms with Crippen LogP contribution in [-0.2, 0) is 4.74 Å². The van der Waals surface area contributed by atoms with Crippen molar-refractivity contribution in [1.82, 2.24) is 4.90 Å². The minimum absolute atomic E-state index is 0.0958. The lowest BCUT2D eigenvalue weighted by atomic mass is 10.2. The van der Waals surface area contributed by atoms with Crippen LogP contribution in [0.3, 0.4) is 0 Å². The largest absolute Gasteiger partial charge is 0.383 e. The van der Waals surface area contributed by atoms with Crippen LogP contribution in [0.25, 0.3) is 0 Å². The molecule has 2 N–H and O–H groups in total. The molecule has 0 saturated heterocycles. The van der Waals surface area contributed by atoms with Gasteiger partial charge in [0.25, 0.3) is 5.91 Å². The molecule has 4 nitrogen and oxygen atoms in total. The van der Waals surface area contributed by atoms with Crippen LogP contribution >= 0.6 is 11.3 Å². The Morgan fingerprint density at radius 1 is 1.60 bits per heavy atom. The molecule has 1 fully saturated rings. The molecule has 0 radical (unpaired) electrons. The van der Waals surface area contributed by atoms with Gasteiger partial charge in [0.05, 0.1) is 22.9 Å². The van der Waals surface area contributed by atoms with Gasteiger partial charge in [0.1, 0.15) is 0 Å². The van der Waals surface area contributed by atoms with Crippen molar-refractivity contribution >= 4 is 17.2 Å². The van der Waals surface area contributed by atoms with Crippen LogP contribution in [0.1, 0.15) is 33.0 Å². The highest BCUT2D eigenvalue weighted by Gasteiger charge is 2.33. The zero-order chi connectivity index (χ0) is 14.5. The van der Waals surface area contributed by atoms with Gasteiger partial charge < -0.3 is 15.4 Å². The standard InChI is InChI=1S/C15H20N2O2S/c1-11-10-14(20-13(11)4-3-7-16)15(18)17(8-9-19-2)12-5-6-12/h10,12H,5-9,16H2,1-2H3. The lowest BCUT2D eigenvalue weighted by molar-refractivity contribution is 0.0685. The predicted molar refractivity (Wildman–Crippen MR) is 80.9 cm³/mol. The smallest absolute Gasteiger partial charge is 0.264 e. The molecule has 20 heavy (non-hydrogen) atoms. The van der Waals surface area contributed by atoms with E-state index in [1.54, 1.807) is 7.11 Å². The molecule has 0 bridgehead atoms. The summed E-state index contributed by atoms with van der Waals surface area (Å²) in [7, 11) is 1.66. The summed E-state index contributed by atoms with van der Waals surface area (Å²) in [6, 6.07) is 2.31. The Kier molecular flexibility index (Phi) is 5.18. The molecular weight excluding hydrogens is 272 g/mol. The highest BCUT2D eigenvalue weighted by atomic mass is 32.1. The number of amides is 1. The van der Waals surface area contributed by atoms with E-state index < -0.39 is 0 Å². The van der Waals surface area contributed by atoms with Gasteiger partial charge >= 0.3 is 0 Å². The number of thiophene rings is 1. The van der Waals surface area contributed by atoms with E-state index in [1.165, 1.54) is 11.3 Å². The molecule has 108 valence electrons. The quantitative estimate of drug-likeness (QED) is 0.839. The lowest BCUT2D eigenvalue weighted by Gasteiger charge is -2.21. The molecular formula is C15H20N2O2S. The number of hydrogen-bond donors (Lipinski definition) is 1. The van der Waals surface area contributed by atoms with Crippen LogP contribution < -0.4 is 5.73 Å². The summed E-state index contributed by atoms with van der Waals surface area (Å²) >= 11 is 1.45. The molecule has 0 aromatic carbocycles. The van der Waals surface area contributed by atoms with Gasteiger partial charge in [0, 0.05) is 19.7 Å². The van der Waals surface area contributed by atoms with Crippen molar-refractivity contribution in [3.63, 3.8) is 0 Å². The Bertz CT molecular complexity index is 538. The third-order valence-corrected chi connectivity index (χ3v) is 4.36. The predicted octanol–water partition coefficient (Wildman–Crippen LogP) is 1.62. The fourth-order valence-electron chi connectivity index (χ4n) is 2.01. The first-order valence-corrected chi connectivity index (χ1v) is 7.58. The van der Waals surface area contributed by atoms with Crippen molar-refractivity contribution in [3.05, 3.63) is 21.4 Å². The summed E-state index contributed by atoms with van der Waals surface area (Å²) in [4.78, 5) is 16.2. The van der Waals surface area contributed by atoms with E-state index in [1.807, 2.05) is 17.9 Å². The number of methoxy groups -OCH3 is 1. The first-order chi connectivity index (χ1) is 9.67. The van der Waals surface area contributed by atoms with Crippen molar-refractivity contribution in [1.29, 1.82) is 0 Å². The van der Waals surface area contributed by atoms with Crippen LogP contribution in [0, 0.1) is 18.8 Å². The van der Waals surface area contributed by atoms with Crippen molar-refractivity contribution in [3.8, 4) is 11.8 Å². The van der Waals surface area contributed by atoms with E-state index in [0.717, 1.165) is 28.2 Å². The van der Waals surface area contributed by atoms with Gasteiger partial charge in [-0.3, -0.25) is 4.79 Å². The van der Waals surface area contributed by atoms with E-state index in [9.17, 15) is 4.79 Å². The van der Waals surface area contributed by atoms with Gasteiger partial charge in [-0.05, 0) is 31.4 Å². The molecule has 5 heteroatoms. The summed E-state index contributed by atoms with van der Waals surface area (Å²) in [5, 5.41) is 0. The van der Waals surface area contributed by atoms with E-state index in [2.05, 4.69) is 11.8 Å². The summed E-state index contributed by atoms with van der Waals surface area (Å²) in [6.45, 7) is 3.54. The first kappa shape index (κ1) is 15.0. The van der Waals surface area contributed by atoms with Gasteiger partial charge in [-0.2, -0.15) is 0 Å². The topological polar surface area (TPSA) is 55.6 Å². The summed E-state index contributed by atoms with van der Waals surface area (Å²) < 4.78 is 5.09. The summed E-state index contributed by atoms with van der Waals surface area (Å²) in [6.07, 6.45) is 2.19. The van der Waals surface area contributed by atoms with Gasteiger partial charge in [-0.15, -0.1) is 11.3 Å². The zero-order valence-electron chi connectivity index (χ0n) is 11.9. The Balaban J connectivity index is 2.14. The Labute approximate surface area is 123 Å². The second kappa shape index (κ2) is 6.89. The van der Waals surface area contributed by atoms with Gasteiger partial charge in [-0.25, -0.2) is 0 Å². The molecule has 0 aliphatic heterocycles. The highest BCUT2D eigenvalue weighted by molar-refractivity contribution is 7.14. The number of hydrogen-bond acceptors (Lipinski definition) is 4. The highest BCUT2D eigenvalue weighted by Crippen LogP contribution is 2.30. The molecule has 0 atom stereocenters. The number of carbonyl (C=O) groups is 1. The summed E-state index contributed by atoms with van der Waals surface area (Å²) in [5.74, 6) is 5.96. The lowest BCUT2D eigenvalue weighted by Crippen LogP contribution is -2.35. The molecule has 0 unspecified atom stereocenters.